The number of para-hydroxylation sites is 1. The predicted molar refractivity (Wildman–Crippen MR) is 112 cm³/mol. The monoisotopic (exact) mass is 402 g/mol. The standard InChI is InChI=1S/C21H26N2O4S/c1-4-19(21(24)22-15-14-16-8-6-7-9-20(16)22)23(28(3,25)26)17-10-12-18(13-11-17)27-5-2/h6-13,19H,4-5,14-15H2,1-3H3. The van der Waals surface area contributed by atoms with Gasteiger partial charge in [0.05, 0.1) is 18.6 Å². The summed E-state index contributed by atoms with van der Waals surface area (Å²) in [7, 11) is -3.66. The minimum Gasteiger partial charge on any atom is -0.494 e. The molecule has 1 atom stereocenters. The highest BCUT2D eigenvalue weighted by Crippen LogP contribution is 2.31. The number of carbonyl (C=O) groups is 1. The highest BCUT2D eigenvalue weighted by Gasteiger charge is 2.36. The molecule has 2 aromatic carbocycles. The van der Waals surface area contributed by atoms with Gasteiger partial charge in [0.25, 0.3) is 5.91 Å². The van der Waals surface area contributed by atoms with Crippen molar-refractivity contribution in [2.75, 3.05) is 28.6 Å². The minimum absolute atomic E-state index is 0.202. The summed E-state index contributed by atoms with van der Waals surface area (Å²) in [5.74, 6) is 0.458. The van der Waals surface area contributed by atoms with E-state index in [1.165, 1.54) is 4.31 Å². The molecule has 150 valence electrons. The number of anilines is 2. The number of carbonyl (C=O) groups excluding carboxylic acids is 1. The van der Waals surface area contributed by atoms with Crippen LogP contribution >= 0.6 is 0 Å². The smallest absolute Gasteiger partial charge is 0.250 e. The van der Waals surface area contributed by atoms with Gasteiger partial charge in [0.15, 0.2) is 0 Å². The first-order chi connectivity index (χ1) is 13.4. The summed E-state index contributed by atoms with van der Waals surface area (Å²) < 4.78 is 31.9. The molecule has 0 bridgehead atoms. The zero-order valence-electron chi connectivity index (χ0n) is 16.5. The first-order valence-corrected chi connectivity index (χ1v) is 11.3. The van der Waals surface area contributed by atoms with E-state index in [0.717, 1.165) is 23.9 Å². The van der Waals surface area contributed by atoms with Crippen LogP contribution in [0.1, 0.15) is 25.8 Å². The Hall–Kier alpha value is -2.54. The minimum atomic E-state index is -3.66. The largest absolute Gasteiger partial charge is 0.494 e. The average molecular weight is 403 g/mol. The van der Waals surface area contributed by atoms with Crippen molar-refractivity contribution in [3.63, 3.8) is 0 Å². The van der Waals surface area contributed by atoms with Gasteiger partial charge in [-0.05, 0) is 55.7 Å². The van der Waals surface area contributed by atoms with Crippen LogP contribution in [-0.4, -0.2) is 39.8 Å². The van der Waals surface area contributed by atoms with Gasteiger partial charge in [0.2, 0.25) is 10.0 Å². The normalized spacial score (nSPS) is 14.5. The molecule has 28 heavy (non-hydrogen) atoms. The summed E-state index contributed by atoms with van der Waals surface area (Å²) in [6.45, 7) is 4.81. The van der Waals surface area contributed by atoms with E-state index in [1.807, 2.05) is 38.1 Å². The predicted octanol–water partition coefficient (Wildman–Crippen LogP) is 3.22. The van der Waals surface area contributed by atoms with Gasteiger partial charge in [-0.2, -0.15) is 0 Å². The highest BCUT2D eigenvalue weighted by molar-refractivity contribution is 7.92. The maximum Gasteiger partial charge on any atom is 0.250 e. The molecule has 1 amide bonds. The molecular formula is C21H26N2O4S. The summed E-state index contributed by atoms with van der Waals surface area (Å²) in [6.07, 6.45) is 2.29. The van der Waals surface area contributed by atoms with Gasteiger partial charge < -0.3 is 9.64 Å². The molecule has 6 nitrogen and oxygen atoms in total. The number of nitrogens with zero attached hydrogens (tertiary/aromatic N) is 2. The van der Waals surface area contributed by atoms with Gasteiger partial charge in [-0.3, -0.25) is 9.10 Å². The molecule has 0 saturated carbocycles. The van der Waals surface area contributed by atoms with E-state index in [9.17, 15) is 13.2 Å². The summed E-state index contributed by atoms with van der Waals surface area (Å²) in [4.78, 5) is 15.1. The summed E-state index contributed by atoms with van der Waals surface area (Å²) in [5, 5.41) is 0. The van der Waals surface area contributed by atoms with E-state index < -0.39 is 16.1 Å². The topological polar surface area (TPSA) is 66.9 Å². The van der Waals surface area contributed by atoms with Gasteiger partial charge >= 0.3 is 0 Å². The van der Waals surface area contributed by atoms with Crippen molar-refractivity contribution in [2.45, 2.75) is 32.7 Å². The Kier molecular flexibility index (Phi) is 5.93. The molecule has 3 rings (SSSR count). The van der Waals surface area contributed by atoms with Crippen molar-refractivity contribution in [3.05, 3.63) is 54.1 Å². The Morgan fingerprint density at radius 2 is 1.82 bits per heavy atom. The van der Waals surface area contributed by atoms with E-state index in [-0.39, 0.29) is 5.91 Å². The number of ether oxygens (including phenoxy) is 1. The van der Waals surface area contributed by atoms with Gasteiger partial charge in [-0.1, -0.05) is 25.1 Å². The third-order valence-corrected chi connectivity index (χ3v) is 6.05. The number of benzene rings is 2. The Bertz CT molecular complexity index is 941. The lowest BCUT2D eigenvalue weighted by atomic mass is 10.1. The highest BCUT2D eigenvalue weighted by atomic mass is 32.2. The number of sulfonamides is 1. The van der Waals surface area contributed by atoms with E-state index in [0.29, 0.717) is 31.0 Å². The summed E-state index contributed by atoms with van der Waals surface area (Å²) in [6, 6.07) is 13.8. The van der Waals surface area contributed by atoms with Gasteiger partial charge in [0.1, 0.15) is 11.8 Å². The molecule has 0 spiro atoms. The Morgan fingerprint density at radius 3 is 2.43 bits per heavy atom. The number of amides is 1. The van der Waals surface area contributed by atoms with Crippen molar-refractivity contribution in [1.82, 2.24) is 0 Å². The Morgan fingerprint density at radius 1 is 1.14 bits per heavy atom. The van der Waals surface area contributed by atoms with Crippen LogP contribution < -0.4 is 13.9 Å². The molecule has 1 unspecified atom stereocenters. The number of hydrogen-bond donors (Lipinski definition) is 0. The molecule has 0 saturated heterocycles. The maximum atomic E-state index is 13.4. The van der Waals surface area contributed by atoms with Crippen LogP contribution in [0.2, 0.25) is 0 Å². The molecule has 1 aliphatic heterocycles. The third kappa shape index (κ3) is 3.99. The van der Waals surface area contributed by atoms with Crippen molar-refractivity contribution in [1.29, 1.82) is 0 Å². The van der Waals surface area contributed by atoms with Crippen molar-refractivity contribution >= 4 is 27.3 Å². The first kappa shape index (κ1) is 20.2. The fourth-order valence-corrected chi connectivity index (χ4v) is 4.85. The molecule has 7 heteroatoms. The van der Waals surface area contributed by atoms with Crippen LogP contribution in [-0.2, 0) is 21.2 Å². The van der Waals surface area contributed by atoms with Crippen molar-refractivity contribution in [3.8, 4) is 5.75 Å². The first-order valence-electron chi connectivity index (χ1n) is 9.48. The zero-order valence-corrected chi connectivity index (χ0v) is 17.3. The molecule has 2 aromatic rings. The molecule has 0 aliphatic carbocycles. The van der Waals surface area contributed by atoms with Crippen molar-refractivity contribution in [2.24, 2.45) is 0 Å². The van der Waals surface area contributed by atoms with E-state index in [1.54, 1.807) is 29.2 Å². The molecule has 1 aliphatic rings. The van der Waals surface area contributed by atoms with Crippen LogP contribution in [0.25, 0.3) is 0 Å². The molecule has 0 aromatic heterocycles. The average Bonchev–Trinajstić information content (AvgIpc) is 3.10. The molecule has 0 radical (unpaired) electrons. The Balaban J connectivity index is 1.95. The SMILES string of the molecule is CCOc1ccc(N(C(CC)C(=O)N2CCc3ccccc32)S(C)(=O)=O)cc1. The van der Waals surface area contributed by atoms with Crippen LogP contribution in [0.5, 0.6) is 5.75 Å². The number of rotatable bonds is 7. The van der Waals surface area contributed by atoms with Gasteiger partial charge in [-0.15, -0.1) is 0 Å². The maximum absolute atomic E-state index is 13.4. The second-order valence-electron chi connectivity index (χ2n) is 6.78. The van der Waals surface area contributed by atoms with Crippen LogP contribution in [0.4, 0.5) is 11.4 Å². The quantitative estimate of drug-likeness (QED) is 0.713. The third-order valence-electron chi connectivity index (χ3n) is 4.87. The van der Waals surface area contributed by atoms with Crippen LogP contribution in [0.15, 0.2) is 48.5 Å². The van der Waals surface area contributed by atoms with E-state index in [4.69, 9.17) is 4.74 Å². The van der Waals surface area contributed by atoms with Crippen LogP contribution in [0, 0.1) is 0 Å². The fourth-order valence-electron chi connectivity index (χ4n) is 3.65. The van der Waals surface area contributed by atoms with Crippen molar-refractivity contribution < 1.29 is 17.9 Å². The summed E-state index contributed by atoms with van der Waals surface area (Å²) >= 11 is 0. The molecule has 0 fully saturated rings. The van der Waals surface area contributed by atoms with Crippen LogP contribution in [0.3, 0.4) is 0 Å². The lowest BCUT2D eigenvalue weighted by molar-refractivity contribution is -0.119. The molecule has 0 N–H and O–H groups in total. The number of fused-ring (bicyclic) bond motifs is 1. The zero-order chi connectivity index (χ0) is 20.3. The molecule has 1 heterocycles. The number of hydrogen-bond acceptors (Lipinski definition) is 4. The second kappa shape index (κ2) is 8.22. The van der Waals surface area contributed by atoms with Gasteiger partial charge in [0, 0.05) is 12.2 Å². The van der Waals surface area contributed by atoms with Gasteiger partial charge in [-0.25, -0.2) is 8.42 Å². The Labute approximate surface area is 166 Å². The lowest BCUT2D eigenvalue weighted by Gasteiger charge is -2.33. The molecular weight excluding hydrogens is 376 g/mol. The van der Waals surface area contributed by atoms with E-state index >= 15 is 0 Å². The lowest BCUT2D eigenvalue weighted by Crippen LogP contribution is -2.50. The second-order valence-corrected chi connectivity index (χ2v) is 8.64. The van der Waals surface area contributed by atoms with E-state index in [2.05, 4.69) is 0 Å². The fraction of sp³-hybridized carbons (Fsp3) is 0.381. The summed E-state index contributed by atoms with van der Waals surface area (Å²) in [5.41, 5.74) is 2.43.